The first-order valence-corrected chi connectivity index (χ1v) is 7.15. The van der Waals surface area contributed by atoms with Gasteiger partial charge in [0.15, 0.2) is 0 Å². The van der Waals surface area contributed by atoms with Crippen LogP contribution < -0.4 is 11.3 Å². The van der Waals surface area contributed by atoms with Gasteiger partial charge in [-0.05, 0) is 31.0 Å². The van der Waals surface area contributed by atoms with Crippen LogP contribution in [0, 0.1) is 12.7 Å². The lowest BCUT2D eigenvalue weighted by Crippen LogP contribution is -2.38. The van der Waals surface area contributed by atoms with Gasteiger partial charge in [0, 0.05) is 28.6 Å². The highest BCUT2D eigenvalue weighted by atomic mass is 35.5. The summed E-state index contributed by atoms with van der Waals surface area (Å²) in [5.74, 6) is 5.23. The van der Waals surface area contributed by atoms with Gasteiger partial charge in [0.25, 0.3) is 0 Å². The second-order valence-corrected chi connectivity index (χ2v) is 5.74. The fourth-order valence-corrected chi connectivity index (χ4v) is 2.95. The average molecular weight is 300 g/mol. The quantitative estimate of drug-likeness (QED) is 0.659. The predicted octanol–water partition coefficient (Wildman–Crippen LogP) is 2.86. The maximum absolute atomic E-state index is 13.0. The molecular formula is C13H15ClFN3S. The summed E-state index contributed by atoms with van der Waals surface area (Å²) in [6, 6.07) is 4.43. The number of halogens is 2. The normalized spacial score (nSPS) is 12.6. The van der Waals surface area contributed by atoms with Gasteiger partial charge in [0.2, 0.25) is 0 Å². The van der Waals surface area contributed by atoms with Crippen molar-refractivity contribution in [2.45, 2.75) is 25.8 Å². The molecule has 1 heterocycles. The van der Waals surface area contributed by atoms with E-state index in [0.717, 1.165) is 22.7 Å². The van der Waals surface area contributed by atoms with Crippen molar-refractivity contribution in [1.82, 2.24) is 10.4 Å². The van der Waals surface area contributed by atoms with Crippen molar-refractivity contribution in [2.75, 3.05) is 0 Å². The van der Waals surface area contributed by atoms with Gasteiger partial charge in [-0.1, -0.05) is 17.7 Å². The fourth-order valence-electron chi connectivity index (χ4n) is 1.85. The van der Waals surface area contributed by atoms with Crippen LogP contribution in [0.4, 0.5) is 4.39 Å². The van der Waals surface area contributed by atoms with E-state index in [0.29, 0.717) is 11.4 Å². The number of hydrogen-bond donors (Lipinski definition) is 2. The molecule has 0 spiro atoms. The minimum Gasteiger partial charge on any atom is -0.271 e. The van der Waals surface area contributed by atoms with Gasteiger partial charge < -0.3 is 0 Å². The van der Waals surface area contributed by atoms with E-state index in [-0.39, 0.29) is 11.9 Å². The van der Waals surface area contributed by atoms with Crippen LogP contribution in [0.1, 0.15) is 16.3 Å². The number of hydrazine groups is 1. The molecule has 1 unspecified atom stereocenters. The molecule has 0 amide bonds. The molecule has 2 aromatic rings. The van der Waals surface area contributed by atoms with Gasteiger partial charge in [-0.25, -0.2) is 9.37 Å². The lowest BCUT2D eigenvalue weighted by Gasteiger charge is -2.15. The van der Waals surface area contributed by atoms with Crippen LogP contribution in [0.2, 0.25) is 5.02 Å². The van der Waals surface area contributed by atoms with E-state index in [2.05, 4.69) is 10.4 Å². The van der Waals surface area contributed by atoms with Crippen molar-refractivity contribution >= 4 is 22.9 Å². The van der Waals surface area contributed by atoms with Gasteiger partial charge in [-0.3, -0.25) is 11.3 Å². The van der Waals surface area contributed by atoms with Crippen LogP contribution in [0.15, 0.2) is 23.6 Å². The lowest BCUT2D eigenvalue weighted by molar-refractivity contribution is 0.520. The summed E-state index contributed by atoms with van der Waals surface area (Å²) in [6.07, 6.45) is 1.36. The lowest BCUT2D eigenvalue weighted by atomic mass is 10.0. The van der Waals surface area contributed by atoms with E-state index < -0.39 is 0 Å². The first kappa shape index (κ1) is 14.4. The molecule has 1 aromatic carbocycles. The molecule has 0 aliphatic heterocycles. The maximum atomic E-state index is 13.0. The Kier molecular flexibility index (Phi) is 4.87. The SMILES string of the molecule is Cc1csc(CC(Cc2ccc(F)cc2Cl)NN)n1. The van der Waals surface area contributed by atoms with Crippen molar-refractivity contribution in [1.29, 1.82) is 0 Å². The standard InChI is InChI=1S/C13H15ClFN3S/c1-8-7-19-13(17-8)6-11(18-16)4-9-2-3-10(15)5-12(9)14/h2-3,5,7,11,18H,4,6,16H2,1H3. The van der Waals surface area contributed by atoms with Crippen molar-refractivity contribution < 1.29 is 4.39 Å². The predicted molar refractivity (Wildman–Crippen MR) is 76.8 cm³/mol. The van der Waals surface area contributed by atoms with Crippen molar-refractivity contribution in [3.63, 3.8) is 0 Å². The van der Waals surface area contributed by atoms with Crippen LogP contribution in [0.3, 0.4) is 0 Å². The largest absolute Gasteiger partial charge is 0.271 e. The molecule has 0 fully saturated rings. The topological polar surface area (TPSA) is 50.9 Å². The van der Waals surface area contributed by atoms with Crippen LogP contribution in [-0.2, 0) is 12.8 Å². The van der Waals surface area contributed by atoms with E-state index >= 15 is 0 Å². The van der Waals surface area contributed by atoms with E-state index in [1.807, 2.05) is 12.3 Å². The minimum atomic E-state index is -0.332. The number of hydrogen-bond acceptors (Lipinski definition) is 4. The van der Waals surface area contributed by atoms with Crippen molar-refractivity contribution in [3.8, 4) is 0 Å². The van der Waals surface area contributed by atoms with Gasteiger partial charge in [-0.2, -0.15) is 0 Å². The van der Waals surface area contributed by atoms with Crippen LogP contribution >= 0.6 is 22.9 Å². The Bertz CT molecular complexity index is 559. The Morgan fingerprint density at radius 2 is 2.26 bits per heavy atom. The molecule has 3 N–H and O–H groups in total. The number of benzene rings is 1. The first-order valence-electron chi connectivity index (χ1n) is 5.89. The Hall–Kier alpha value is -1.01. The third-order valence-corrected chi connectivity index (χ3v) is 4.15. The second kappa shape index (κ2) is 6.43. The van der Waals surface area contributed by atoms with Crippen molar-refractivity contribution in [2.24, 2.45) is 5.84 Å². The number of aryl methyl sites for hydroxylation is 1. The monoisotopic (exact) mass is 299 g/mol. The zero-order valence-corrected chi connectivity index (χ0v) is 12.1. The summed E-state index contributed by atoms with van der Waals surface area (Å²) < 4.78 is 13.0. The number of rotatable bonds is 5. The van der Waals surface area contributed by atoms with Gasteiger partial charge >= 0.3 is 0 Å². The highest BCUT2D eigenvalue weighted by Crippen LogP contribution is 2.20. The molecule has 1 aromatic heterocycles. The Labute approximate surface area is 120 Å². The summed E-state index contributed by atoms with van der Waals surface area (Å²) in [5.41, 5.74) is 4.65. The second-order valence-electron chi connectivity index (χ2n) is 4.39. The number of thiazole rings is 1. The Morgan fingerprint density at radius 1 is 1.47 bits per heavy atom. The molecule has 2 rings (SSSR count). The van der Waals surface area contributed by atoms with Crippen LogP contribution in [0.25, 0.3) is 0 Å². The highest BCUT2D eigenvalue weighted by molar-refractivity contribution is 7.09. The highest BCUT2D eigenvalue weighted by Gasteiger charge is 2.13. The number of nitrogens with one attached hydrogen (secondary N) is 1. The molecule has 0 radical (unpaired) electrons. The van der Waals surface area contributed by atoms with E-state index in [1.165, 1.54) is 12.1 Å². The molecule has 0 aliphatic carbocycles. The summed E-state index contributed by atoms with van der Waals surface area (Å²) in [5, 5.41) is 3.46. The van der Waals surface area contributed by atoms with E-state index in [9.17, 15) is 4.39 Å². The van der Waals surface area contributed by atoms with Gasteiger partial charge in [0.1, 0.15) is 5.82 Å². The summed E-state index contributed by atoms with van der Waals surface area (Å²) in [4.78, 5) is 4.41. The summed E-state index contributed by atoms with van der Waals surface area (Å²) in [6.45, 7) is 1.96. The van der Waals surface area contributed by atoms with E-state index in [4.69, 9.17) is 17.4 Å². The Balaban J connectivity index is 2.06. The minimum absolute atomic E-state index is 0.0218. The van der Waals surface area contributed by atoms with Crippen LogP contribution in [-0.4, -0.2) is 11.0 Å². The molecule has 3 nitrogen and oxygen atoms in total. The summed E-state index contributed by atoms with van der Waals surface area (Å²) in [7, 11) is 0. The molecule has 6 heteroatoms. The smallest absolute Gasteiger partial charge is 0.124 e. The average Bonchev–Trinajstić information content (AvgIpc) is 2.77. The molecule has 102 valence electrons. The summed E-state index contributed by atoms with van der Waals surface area (Å²) >= 11 is 7.63. The van der Waals surface area contributed by atoms with Gasteiger partial charge in [-0.15, -0.1) is 11.3 Å². The third-order valence-electron chi connectivity index (χ3n) is 2.80. The molecule has 0 saturated carbocycles. The maximum Gasteiger partial charge on any atom is 0.124 e. The molecular weight excluding hydrogens is 285 g/mol. The fraction of sp³-hybridized carbons (Fsp3) is 0.308. The van der Waals surface area contributed by atoms with Gasteiger partial charge in [0.05, 0.1) is 5.01 Å². The number of aromatic nitrogens is 1. The Morgan fingerprint density at radius 3 is 2.84 bits per heavy atom. The molecule has 0 bridgehead atoms. The number of nitrogens with zero attached hydrogens (tertiary/aromatic N) is 1. The first-order chi connectivity index (χ1) is 9.08. The molecule has 0 aliphatic rings. The third kappa shape index (κ3) is 3.98. The van der Waals surface area contributed by atoms with E-state index in [1.54, 1.807) is 17.4 Å². The van der Waals surface area contributed by atoms with Crippen LogP contribution in [0.5, 0.6) is 0 Å². The zero-order chi connectivity index (χ0) is 13.8. The molecule has 19 heavy (non-hydrogen) atoms. The number of nitrogens with two attached hydrogens (primary N) is 1. The molecule has 0 saturated heterocycles. The molecule has 1 atom stereocenters. The van der Waals surface area contributed by atoms with Crippen molar-refractivity contribution in [3.05, 3.63) is 50.7 Å². The zero-order valence-electron chi connectivity index (χ0n) is 10.5.